The highest BCUT2D eigenvalue weighted by Gasteiger charge is 2.20. The molecule has 2 amide bonds. The Balaban J connectivity index is 2.13. The minimum atomic E-state index is -0.649. The van der Waals surface area contributed by atoms with Gasteiger partial charge >= 0.3 is 5.97 Å². The maximum atomic E-state index is 13.5. The Morgan fingerprint density at radius 3 is 2.50 bits per heavy atom. The molecule has 0 saturated carbocycles. The average Bonchev–Trinajstić information content (AvgIpc) is 2.85. The van der Waals surface area contributed by atoms with Crippen molar-refractivity contribution in [1.29, 1.82) is 0 Å². The van der Waals surface area contributed by atoms with E-state index in [9.17, 15) is 18.8 Å². The molecule has 0 aliphatic heterocycles. The predicted molar refractivity (Wildman–Crippen MR) is 124 cm³/mol. The van der Waals surface area contributed by atoms with Gasteiger partial charge in [0.25, 0.3) is 5.91 Å². The highest BCUT2D eigenvalue weighted by atomic mass is 19.1. The van der Waals surface area contributed by atoms with Crippen molar-refractivity contribution < 1.29 is 33.0 Å². The molecule has 2 rings (SSSR count). The summed E-state index contributed by atoms with van der Waals surface area (Å²) in [4.78, 5) is 38.0. The quantitative estimate of drug-likeness (QED) is 0.245. The number of anilines is 1. The summed E-state index contributed by atoms with van der Waals surface area (Å²) in [5.41, 5.74) is 0.547. The standard InChI is InChI=1S/C25H27FN2O6/c1-5-11-28(24(30)17-9-7-10-18(26)14-17)12-8-13-34-22-15-19(25(31)33-4)20(16-21(22)32-3)27-23(29)6-2/h7,9-10,14-16H,6,8,12-13H2,1-4H3,(H,27,29). The summed E-state index contributed by atoms with van der Waals surface area (Å²) in [7, 11) is 2.67. The predicted octanol–water partition coefficient (Wildman–Crippen LogP) is 3.86. The van der Waals surface area contributed by atoms with Gasteiger partial charge in [-0.1, -0.05) is 18.9 Å². The number of nitrogens with one attached hydrogen (secondary N) is 1. The molecule has 0 spiro atoms. The highest BCUT2D eigenvalue weighted by Crippen LogP contribution is 2.34. The fourth-order valence-electron chi connectivity index (χ4n) is 2.98. The van der Waals surface area contributed by atoms with Crippen LogP contribution in [0.1, 0.15) is 47.4 Å². The number of hydrogen-bond acceptors (Lipinski definition) is 6. The van der Waals surface area contributed by atoms with E-state index in [2.05, 4.69) is 17.3 Å². The lowest BCUT2D eigenvalue weighted by Gasteiger charge is -2.18. The van der Waals surface area contributed by atoms with Crippen molar-refractivity contribution in [2.45, 2.75) is 26.7 Å². The largest absolute Gasteiger partial charge is 0.493 e. The zero-order chi connectivity index (χ0) is 25.1. The molecule has 0 aromatic heterocycles. The van der Waals surface area contributed by atoms with Crippen LogP contribution in [0.2, 0.25) is 0 Å². The van der Waals surface area contributed by atoms with E-state index in [0.717, 1.165) is 6.07 Å². The first-order valence-electron chi connectivity index (χ1n) is 10.6. The van der Waals surface area contributed by atoms with Gasteiger partial charge in [0.1, 0.15) is 5.82 Å². The molecule has 0 heterocycles. The summed E-state index contributed by atoms with van der Waals surface area (Å²) < 4.78 is 29.4. The van der Waals surface area contributed by atoms with Crippen LogP contribution < -0.4 is 14.8 Å². The maximum absolute atomic E-state index is 13.5. The molecular formula is C25H27FN2O6. The summed E-state index contributed by atoms with van der Waals surface area (Å²) >= 11 is 0. The molecule has 0 fully saturated rings. The molecule has 0 aliphatic rings. The van der Waals surface area contributed by atoms with Crippen LogP contribution in [0.3, 0.4) is 0 Å². The lowest BCUT2D eigenvalue weighted by Crippen LogP contribution is -2.28. The Hall–Kier alpha value is -4.06. The molecule has 180 valence electrons. The van der Waals surface area contributed by atoms with E-state index in [1.54, 1.807) is 13.8 Å². The smallest absolute Gasteiger partial charge is 0.340 e. The minimum absolute atomic E-state index is 0.111. The molecule has 0 unspecified atom stereocenters. The third kappa shape index (κ3) is 6.97. The Kier molecular flexibility index (Phi) is 9.90. The monoisotopic (exact) mass is 470 g/mol. The van der Waals surface area contributed by atoms with E-state index in [1.165, 1.54) is 49.5 Å². The number of carbonyl (C=O) groups is 3. The molecule has 0 atom stereocenters. The molecule has 0 saturated heterocycles. The molecule has 8 nitrogen and oxygen atoms in total. The molecule has 0 bridgehead atoms. The van der Waals surface area contributed by atoms with Crippen LogP contribution in [0, 0.1) is 17.8 Å². The zero-order valence-electron chi connectivity index (χ0n) is 19.6. The molecular weight excluding hydrogens is 443 g/mol. The fourth-order valence-corrected chi connectivity index (χ4v) is 2.98. The van der Waals surface area contributed by atoms with E-state index in [1.807, 2.05) is 0 Å². The van der Waals surface area contributed by atoms with Crippen molar-refractivity contribution in [2.75, 3.05) is 32.7 Å². The Bertz CT molecular complexity index is 1110. The van der Waals surface area contributed by atoms with Crippen LogP contribution in [0.15, 0.2) is 36.4 Å². The SMILES string of the molecule is CC#CN(CCCOc1cc(C(=O)OC)c(NC(=O)CC)cc1OC)C(=O)c1cccc(F)c1. The topological polar surface area (TPSA) is 94.2 Å². The van der Waals surface area contributed by atoms with Gasteiger partial charge in [-0.15, -0.1) is 0 Å². The number of nitrogens with zero attached hydrogens (tertiary/aromatic N) is 1. The summed E-state index contributed by atoms with van der Waals surface area (Å²) in [5, 5.41) is 2.64. The van der Waals surface area contributed by atoms with Crippen molar-refractivity contribution >= 4 is 23.5 Å². The normalized spacial score (nSPS) is 9.91. The lowest BCUT2D eigenvalue weighted by atomic mass is 10.1. The number of hydrogen-bond donors (Lipinski definition) is 1. The zero-order valence-corrected chi connectivity index (χ0v) is 19.6. The van der Waals surface area contributed by atoms with Crippen molar-refractivity contribution in [3.63, 3.8) is 0 Å². The number of rotatable bonds is 10. The third-order valence-electron chi connectivity index (χ3n) is 4.65. The van der Waals surface area contributed by atoms with E-state index < -0.39 is 17.7 Å². The summed E-state index contributed by atoms with van der Waals surface area (Å²) in [6.07, 6.45) is 0.618. The van der Waals surface area contributed by atoms with Crippen molar-refractivity contribution in [3.05, 3.63) is 53.3 Å². The summed E-state index contributed by atoms with van der Waals surface area (Å²) in [5.74, 6) is 1.39. The number of ether oxygens (including phenoxy) is 3. The van der Waals surface area contributed by atoms with Gasteiger partial charge in [0.05, 0.1) is 32.1 Å². The van der Waals surface area contributed by atoms with Gasteiger partial charge in [-0.3, -0.25) is 14.5 Å². The number of methoxy groups -OCH3 is 2. The number of carbonyl (C=O) groups excluding carboxylic acids is 3. The van der Waals surface area contributed by atoms with Crippen LogP contribution in [0.25, 0.3) is 0 Å². The van der Waals surface area contributed by atoms with E-state index in [4.69, 9.17) is 14.2 Å². The van der Waals surface area contributed by atoms with Crippen LogP contribution in [-0.2, 0) is 9.53 Å². The minimum Gasteiger partial charge on any atom is -0.493 e. The van der Waals surface area contributed by atoms with Crippen molar-refractivity contribution in [1.82, 2.24) is 4.90 Å². The van der Waals surface area contributed by atoms with E-state index in [-0.39, 0.29) is 48.0 Å². The van der Waals surface area contributed by atoms with Gasteiger partial charge in [0, 0.05) is 43.1 Å². The molecule has 0 radical (unpaired) electrons. The molecule has 34 heavy (non-hydrogen) atoms. The first kappa shape index (κ1) is 26.2. The lowest BCUT2D eigenvalue weighted by molar-refractivity contribution is -0.115. The molecule has 2 aromatic rings. The second kappa shape index (κ2) is 12.8. The first-order chi connectivity index (χ1) is 16.3. The Morgan fingerprint density at radius 1 is 1.12 bits per heavy atom. The van der Waals surface area contributed by atoms with Gasteiger partial charge in [0.2, 0.25) is 5.91 Å². The number of esters is 1. The summed E-state index contributed by atoms with van der Waals surface area (Å²) in [6.45, 7) is 3.68. The van der Waals surface area contributed by atoms with E-state index >= 15 is 0 Å². The van der Waals surface area contributed by atoms with Crippen LogP contribution in [-0.4, -0.2) is 50.1 Å². The number of amides is 2. The van der Waals surface area contributed by atoms with Crippen molar-refractivity contribution in [2.24, 2.45) is 0 Å². The van der Waals surface area contributed by atoms with E-state index in [0.29, 0.717) is 12.2 Å². The summed E-state index contributed by atoms with van der Waals surface area (Å²) in [6, 6.07) is 11.0. The second-order valence-corrected chi connectivity index (χ2v) is 6.97. The molecule has 2 aromatic carbocycles. The third-order valence-corrected chi connectivity index (χ3v) is 4.65. The Labute approximate surface area is 198 Å². The van der Waals surface area contributed by atoms with Gasteiger partial charge < -0.3 is 19.5 Å². The van der Waals surface area contributed by atoms with Gasteiger partial charge in [-0.25, -0.2) is 9.18 Å². The van der Waals surface area contributed by atoms with Crippen LogP contribution in [0.4, 0.5) is 10.1 Å². The van der Waals surface area contributed by atoms with Gasteiger partial charge in [-0.2, -0.15) is 0 Å². The van der Waals surface area contributed by atoms with Crippen LogP contribution >= 0.6 is 0 Å². The van der Waals surface area contributed by atoms with Crippen molar-refractivity contribution in [3.8, 4) is 23.5 Å². The average molecular weight is 470 g/mol. The fraction of sp³-hybridized carbons (Fsp3) is 0.320. The number of benzene rings is 2. The maximum Gasteiger partial charge on any atom is 0.340 e. The number of halogens is 1. The molecule has 0 aliphatic carbocycles. The first-order valence-corrected chi connectivity index (χ1v) is 10.6. The van der Waals surface area contributed by atoms with Crippen LogP contribution in [0.5, 0.6) is 11.5 Å². The van der Waals surface area contributed by atoms with Gasteiger partial charge in [0.15, 0.2) is 11.5 Å². The molecule has 9 heteroatoms. The highest BCUT2D eigenvalue weighted by molar-refractivity contribution is 6.02. The second-order valence-electron chi connectivity index (χ2n) is 6.97. The molecule has 1 N–H and O–H groups in total. The Morgan fingerprint density at radius 2 is 1.88 bits per heavy atom. The van der Waals surface area contributed by atoms with Gasteiger partial charge in [-0.05, 0) is 25.1 Å².